The van der Waals surface area contributed by atoms with E-state index >= 15 is 0 Å². The minimum absolute atomic E-state index is 0.0507. The number of anilines is 3. The van der Waals surface area contributed by atoms with E-state index in [9.17, 15) is 10.1 Å². The molecule has 1 heterocycles. The third-order valence-corrected chi connectivity index (χ3v) is 3.25. The fourth-order valence-electron chi connectivity index (χ4n) is 1.64. The zero-order valence-electron chi connectivity index (χ0n) is 10.8. The van der Waals surface area contributed by atoms with Gasteiger partial charge in [0.05, 0.1) is 4.92 Å². The second kappa shape index (κ2) is 6.51. The zero-order chi connectivity index (χ0) is 14.5. The first-order chi connectivity index (χ1) is 9.60. The molecule has 0 spiro atoms. The van der Waals surface area contributed by atoms with Gasteiger partial charge >= 0.3 is 5.69 Å². The minimum atomic E-state index is -0.447. The summed E-state index contributed by atoms with van der Waals surface area (Å²) < 4.78 is 1.09. The highest BCUT2D eigenvalue weighted by molar-refractivity contribution is 14.1. The van der Waals surface area contributed by atoms with Crippen LogP contribution in [0.2, 0.25) is 0 Å². The van der Waals surface area contributed by atoms with Gasteiger partial charge in [0.25, 0.3) is 0 Å². The topological polar surface area (TPSA) is 80.1 Å². The van der Waals surface area contributed by atoms with Gasteiger partial charge in [0.1, 0.15) is 5.82 Å². The Bertz CT molecular complexity index is 616. The van der Waals surface area contributed by atoms with Crippen LogP contribution in [0.3, 0.4) is 0 Å². The molecular formula is C13H13IN4O2. The predicted octanol–water partition coefficient (Wildman–Crippen LogP) is 3.77. The Morgan fingerprint density at radius 3 is 2.55 bits per heavy atom. The van der Waals surface area contributed by atoms with E-state index in [0.29, 0.717) is 12.4 Å². The Morgan fingerprint density at radius 1 is 1.25 bits per heavy atom. The molecule has 0 atom stereocenters. The normalized spacial score (nSPS) is 10.1. The third kappa shape index (κ3) is 3.56. The molecule has 0 aliphatic rings. The summed E-state index contributed by atoms with van der Waals surface area (Å²) in [5.41, 5.74) is 0.708. The Kier molecular flexibility index (Phi) is 4.72. The van der Waals surface area contributed by atoms with Crippen molar-refractivity contribution in [2.24, 2.45) is 0 Å². The Balaban J connectivity index is 2.34. The van der Waals surface area contributed by atoms with Crippen LogP contribution < -0.4 is 10.6 Å². The molecule has 0 amide bonds. The van der Waals surface area contributed by atoms with E-state index in [2.05, 4.69) is 38.2 Å². The first-order valence-corrected chi connectivity index (χ1v) is 7.10. The molecule has 0 unspecified atom stereocenters. The van der Waals surface area contributed by atoms with Crippen LogP contribution in [0.1, 0.15) is 6.92 Å². The number of pyridine rings is 1. The summed E-state index contributed by atoms with van der Waals surface area (Å²) in [7, 11) is 0. The second-order valence-electron chi connectivity index (χ2n) is 3.98. The van der Waals surface area contributed by atoms with Crippen molar-refractivity contribution < 1.29 is 4.92 Å². The number of aromatic nitrogens is 1. The smallest absolute Gasteiger partial charge is 0.311 e. The average molecular weight is 384 g/mol. The lowest BCUT2D eigenvalue weighted by Gasteiger charge is -2.09. The molecule has 0 saturated heterocycles. The molecular weight excluding hydrogens is 371 g/mol. The fraction of sp³-hybridized carbons (Fsp3) is 0.154. The second-order valence-corrected chi connectivity index (χ2v) is 5.23. The van der Waals surface area contributed by atoms with E-state index in [4.69, 9.17) is 0 Å². The van der Waals surface area contributed by atoms with Crippen LogP contribution in [0.25, 0.3) is 0 Å². The molecule has 2 N–H and O–H groups in total. The largest absolute Gasteiger partial charge is 0.370 e. The molecule has 2 aromatic rings. The van der Waals surface area contributed by atoms with Gasteiger partial charge < -0.3 is 10.6 Å². The standard InChI is InChI=1S/C13H13IN4O2/c1-2-15-12-8-7-11(18(19)20)13(17-12)16-10-5-3-9(14)4-6-10/h3-8H,2H2,1H3,(H2,15,16,17). The summed E-state index contributed by atoms with van der Waals surface area (Å²) >= 11 is 2.20. The highest BCUT2D eigenvalue weighted by Crippen LogP contribution is 2.27. The van der Waals surface area contributed by atoms with Crippen molar-refractivity contribution in [2.75, 3.05) is 17.2 Å². The molecule has 2 rings (SSSR count). The summed E-state index contributed by atoms with van der Waals surface area (Å²) in [5.74, 6) is 0.834. The molecule has 0 aliphatic carbocycles. The van der Waals surface area contributed by atoms with Gasteiger partial charge in [-0.3, -0.25) is 10.1 Å². The number of nitrogens with zero attached hydrogens (tertiary/aromatic N) is 2. The summed E-state index contributed by atoms with van der Waals surface area (Å²) in [6.07, 6.45) is 0. The minimum Gasteiger partial charge on any atom is -0.370 e. The van der Waals surface area contributed by atoms with Crippen molar-refractivity contribution in [3.05, 3.63) is 50.1 Å². The van der Waals surface area contributed by atoms with E-state index in [1.807, 2.05) is 31.2 Å². The monoisotopic (exact) mass is 384 g/mol. The number of hydrogen-bond acceptors (Lipinski definition) is 5. The number of nitrogens with one attached hydrogen (secondary N) is 2. The number of halogens is 1. The lowest BCUT2D eigenvalue weighted by molar-refractivity contribution is -0.384. The van der Waals surface area contributed by atoms with Gasteiger partial charge in [0, 0.05) is 21.9 Å². The predicted molar refractivity (Wildman–Crippen MR) is 87.5 cm³/mol. The average Bonchev–Trinajstić information content (AvgIpc) is 2.42. The number of nitro groups is 1. The van der Waals surface area contributed by atoms with Crippen LogP contribution in [-0.4, -0.2) is 16.5 Å². The SMILES string of the molecule is CCNc1ccc([N+](=O)[O-])c(Nc2ccc(I)cc2)n1. The van der Waals surface area contributed by atoms with Gasteiger partial charge in [-0.25, -0.2) is 4.98 Å². The van der Waals surface area contributed by atoms with E-state index in [0.717, 1.165) is 9.26 Å². The van der Waals surface area contributed by atoms with Gasteiger partial charge in [-0.1, -0.05) is 0 Å². The van der Waals surface area contributed by atoms with E-state index in [1.165, 1.54) is 6.07 Å². The van der Waals surface area contributed by atoms with Crippen LogP contribution in [0.5, 0.6) is 0 Å². The molecule has 1 aromatic heterocycles. The van der Waals surface area contributed by atoms with Crippen molar-refractivity contribution in [1.29, 1.82) is 0 Å². The van der Waals surface area contributed by atoms with Gasteiger partial charge in [0.15, 0.2) is 0 Å². The number of benzene rings is 1. The summed E-state index contributed by atoms with van der Waals surface area (Å²) in [6.45, 7) is 2.64. The molecule has 0 aliphatic heterocycles. The van der Waals surface area contributed by atoms with Crippen LogP contribution in [0, 0.1) is 13.7 Å². The quantitative estimate of drug-likeness (QED) is 0.466. The summed E-state index contributed by atoms with van der Waals surface area (Å²) in [6, 6.07) is 10.6. The Labute approximate surface area is 129 Å². The van der Waals surface area contributed by atoms with Crippen LogP contribution in [0.15, 0.2) is 36.4 Å². The first-order valence-electron chi connectivity index (χ1n) is 6.02. The number of rotatable bonds is 5. The molecule has 0 saturated carbocycles. The Morgan fingerprint density at radius 2 is 1.95 bits per heavy atom. The maximum absolute atomic E-state index is 11.0. The number of hydrogen-bond donors (Lipinski definition) is 2. The van der Waals surface area contributed by atoms with Crippen molar-refractivity contribution >= 4 is 45.6 Å². The Hall–Kier alpha value is -1.90. The van der Waals surface area contributed by atoms with E-state index in [-0.39, 0.29) is 11.5 Å². The van der Waals surface area contributed by atoms with Gasteiger partial charge in [0.2, 0.25) is 5.82 Å². The molecule has 104 valence electrons. The molecule has 1 aromatic carbocycles. The van der Waals surface area contributed by atoms with Crippen molar-refractivity contribution in [3.8, 4) is 0 Å². The van der Waals surface area contributed by atoms with Crippen LogP contribution in [-0.2, 0) is 0 Å². The zero-order valence-corrected chi connectivity index (χ0v) is 12.9. The third-order valence-electron chi connectivity index (χ3n) is 2.54. The molecule has 0 bridgehead atoms. The van der Waals surface area contributed by atoms with Gasteiger partial charge in [-0.2, -0.15) is 0 Å². The highest BCUT2D eigenvalue weighted by Gasteiger charge is 2.16. The maximum Gasteiger partial charge on any atom is 0.311 e. The molecule has 0 fully saturated rings. The van der Waals surface area contributed by atoms with Crippen molar-refractivity contribution in [2.45, 2.75) is 6.92 Å². The van der Waals surface area contributed by atoms with Crippen LogP contribution in [0.4, 0.5) is 23.0 Å². The molecule has 7 heteroatoms. The summed E-state index contributed by atoms with van der Waals surface area (Å²) in [4.78, 5) is 14.8. The van der Waals surface area contributed by atoms with Gasteiger partial charge in [-0.15, -0.1) is 0 Å². The first kappa shape index (κ1) is 14.5. The van der Waals surface area contributed by atoms with E-state index in [1.54, 1.807) is 6.07 Å². The van der Waals surface area contributed by atoms with E-state index < -0.39 is 4.92 Å². The van der Waals surface area contributed by atoms with Crippen molar-refractivity contribution in [1.82, 2.24) is 4.98 Å². The van der Waals surface area contributed by atoms with Crippen molar-refractivity contribution in [3.63, 3.8) is 0 Å². The van der Waals surface area contributed by atoms with Gasteiger partial charge in [-0.05, 0) is 59.8 Å². The lowest BCUT2D eigenvalue weighted by atomic mass is 10.3. The maximum atomic E-state index is 11.0. The molecule has 20 heavy (non-hydrogen) atoms. The molecule has 6 nitrogen and oxygen atoms in total. The summed E-state index contributed by atoms with van der Waals surface area (Å²) in [5, 5.41) is 17.1. The lowest BCUT2D eigenvalue weighted by Crippen LogP contribution is -2.04. The fourth-order valence-corrected chi connectivity index (χ4v) is 2.00. The molecule has 0 radical (unpaired) electrons. The van der Waals surface area contributed by atoms with Crippen LogP contribution >= 0.6 is 22.6 Å². The highest BCUT2D eigenvalue weighted by atomic mass is 127.